The summed E-state index contributed by atoms with van der Waals surface area (Å²) in [5, 5.41) is 22.1. The number of carbonyl (C=O) groups excluding carboxylic acids is 2. The van der Waals surface area contributed by atoms with E-state index in [4.69, 9.17) is 9.47 Å². The fourth-order valence-corrected chi connectivity index (χ4v) is 5.21. The summed E-state index contributed by atoms with van der Waals surface area (Å²) < 4.78 is 11.2. The first kappa shape index (κ1) is 31.0. The summed E-state index contributed by atoms with van der Waals surface area (Å²) in [4.78, 5) is 26.8. The number of thioether (sulfide) groups is 1. The number of methoxy groups -OCH3 is 1. The second-order valence-corrected chi connectivity index (χ2v) is 10.7. The number of aromatic carboxylic acids is 1. The topological polar surface area (TPSA) is 112 Å². The zero-order valence-electron chi connectivity index (χ0n) is 23.1. The maximum absolute atomic E-state index is 11.1. The third-order valence-corrected chi connectivity index (χ3v) is 7.55. The Kier molecular flexibility index (Phi) is 13.4. The number of nitrogens with zero attached hydrogens (tertiary/aromatic N) is 1. The molecule has 0 bridgehead atoms. The monoisotopic (exact) mass is 563 g/mol. The van der Waals surface area contributed by atoms with Crippen molar-refractivity contribution in [3.05, 3.63) is 88.7 Å². The molecule has 0 aliphatic rings. The van der Waals surface area contributed by atoms with Crippen LogP contribution in [0.5, 0.6) is 11.5 Å². The van der Waals surface area contributed by atoms with E-state index in [1.807, 2.05) is 30.3 Å². The van der Waals surface area contributed by atoms with Gasteiger partial charge in [0, 0.05) is 17.5 Å². The van der Waals surface area contributed by atoms with Gasteiger partial charge in [0.05, 0.1) is 31.1 Å². The van der Waals surface area contributed by atoms with E-state index in [1.54, 1.807) is 31.0 Å². The van der Waals surface area contributed by atoms with Gasteiger partial charge in [-0.15, -0.1) is 0 Å². The number of rotatable bonds is 19. The van der Waals surface area contributed by atoms with Gasteiger partial charge in [0.1, 0.15) is 11.5 Å². The average Bonchev–Trinajstić information content (AvgIpc) is 2.96. The molecule has 1 heterocycles. The first-order chi connectivity index (χ1) is 19.4. The van der Waals surface area contributed by atoms with Gasteiger partial charge < -0.3 is 29.3 Å². The van der Waals surface area contributed by atoms with Crippen molar-refractivity contribution in [3.8, 4) is 11.5 Å². The molecule has 0 radical (unpaired) electrons. The molecule has 0 N–H and O–H groups in total. The van der Waals surface area contributed by atoms with Crippen LogP contribution >= 0.6 is 11.8 Å². The van der Waals surface area contributed by atoms with E-state index in [-0.39, 0.29) is 18.4 Å². The lowest BCUT2D eigenvalue weighted by molar-refractivity contribution is -0.305. The fraction of sp³-hybridized carbons (Fsp3) is 0.406. The molecule has 3 aromatic rings. The molecule has 0 amide bonds. The number of unbranched alkanes of at least 4 members (excludes halogenated alkanes) is 5. The fourth-order valence-electron chi connectivity index (χ4n) is 4.32. The Balaban J connectivity index is 1.37. The van der Waals surface area contributed by atoms with Gasteiger partial charge >= 0.3 is 0 Å². The van der Waals surface area contributed by atoms with Gasteiger partial charge in [-0.2, -0.15) is 11.8 Å². The highest BCUT2D eigenvalue weighted by Gasteiger charge is 2.09. The third kappa shape index (κ3) is 11.3. The first-order valence-electron chi connectivity index (χ1n) is 13.8. The highest BCUT2D eigenvalue weighted by atomic mass is 32.2. The molecule has 0 fully saturated rings. The van der Waals surface area contributed by atoms with E-state index in [1.165, 1.54) is 30.9 Å². The van der Waals surface area contributed by atoms with E-state index in [2.05, 4.69) is 17.1 Å². The highest BCUT2D eigenvalue weighted by Crippen LogP contribution is 2.23. The van der Waals surface area contributed by atoms with E-state index < -0.39 is 11.9 Å². The number of aliphatic carboxylic acids is 1. The number of carboxylic acids is 2. The van der Waals surface area contributed by atoms with Gasteiger partial charge in [0.25, 0.3) is 0 Å². The molecule has 0 saturated carbocycles. The second kappa shape index (κ2) is 17.2. The Morgan fingerprint density at radius 1 is 0.825 bits per heavy atom. The van der Waals surface area contributed by atoms with Crippen LogP contribution in [0.3, 0.4) is 0 Å². The molecular weight excluding hydrogens is 526 g/mol. The number of pyridine rings is 1. The number of carbonyl (C=O) groups is 2. The molecule has 0 saturated heterocycles. The molecule has 0 aliphatic heterocycles. The number of aromatic nitrogens is 1. The normalized spacial score (nSPS) is 10.8. The Hall–Kier alpha value is -3.52. The molecule has 7 nitrogen and oxygen atoms in total. The minimum atomic E-state index is -1.19. The number of carboxylic acid groups (broad SMARTS) is 2. The molecule has 1 aromatic heterocycles. The van der Waals surface area contributed by atoms with Crippen LogP contribution in [-0.4, -0.2) is 30.6 Å². The lowest BCUT2D eigenvalue weighted by Gasteiger charge is -2.13. The summed E-state index contributed by atoms with van der Waals surface area (Å²) in [6.07, 6.45) is 7.95. The predicted octanol–water partition coefficient (Wildman–Crippen LogP) is 4.53. The molecule has 0 spiro atoms. The van der Waals surface area contributed by atoms with Crippen LogP contribution in [0.4, 0.5) is 0 Å². The highest BCUT2D eigenvalue weighted by molar-refractivity contribution is 7.97. The molecule has 40 heavy (non-hydrogen) atoms. The summed E-state index contributed by atoms with van der Waals surface area (Å²) in [5.74, 6) is 0.425. The smallest absolute Gasteiger partial charge is 0.140 e. The number of benzene rings is 2. The van der Waals surface area contributed by atoms with Crippen molar-refractivity contribution >= 4 is 23.7 Å². The maximum atomic E-state index is 11.1. The number of hydrogen-bond donors (Lipinski definition) is 0. The van der Waals surface area contributed by atoms with Gasteiger partial charge in [-0.1, -0.05) is 56.0 Å². The molecule has 3 rings (SSSR count). The van der Waals surface area contributed by atoms with Gasteiger partial charge in [-0.25, -0.2) is 0 Å². The maximum Gasteiger partial charge on any atom is 0.140 e. The average molecular weight is 564 g/mol. The van der Waals surface area contributed by atoms with E-state index in [0.717, 1.165) is 42.7 Å². The Morgan fingerprint density at radius 2 is 1.57 bits per heavy atom. The van der Waals surface area contributed by atoms with Gasteiger partial charge in [0.15, 0.2) is 0 Å². The van der Waals surface area contributed by atoms with Crippen LogP contribution in [0, 0.1) is 0 Å². The quantitative estimate of drug-likeness (QED) is 0.196. The third-order valence-electron chi connectivity index (χ3n) is 6.51. The van der Waals surface area contributed by atoms with Crippen LogP contribution in [0.25, 0.3) is 0 Å². The molecule has 0 atom stereocenters. The number of hydrogen-bond acceptors (Lipinski definition) is 8. The van der Waals surface area contributed by atoms with Crippen LogP contribution in [0.15, 0.2) is 60.7 Å². The lowest BCUT2D eigenvalue weighted by atomic mass is 10.0. The summed E-state index contributed by atoms with van der Waals surface area (Å²) >= 11 is 1.60. The van der Waals surface area contributed by atoms with Crippen molar-refractivity contribution in [3.63, 3.8) is 0 Å². The lowest BCUT2D eigenvalue weighted by Crippen LogP contribution is -2.22. The van der Waals surface area contributed by atoms with E-state index >= 15 is 0 Å². The molecular formula is C32H37NO6S-2. The van der Waals surface area contributed by atoms with Gasteiger partial charge in [-0.3, -0.25) is 4.98 Å². The Bertz CT molecular complexity index is 1210. The van der Waals surface area contributed by atoms with Crippen molar-refractivity contribution in [1.82, 2.24) is 4.98 Å². The SMILES string of the molecule is COc1ccc(CCCCCCCCOc2ccc(CSCc3cccc(C(=O)[O-])c3)nc2CCC(=O)[O-])cc1. The van der Waals surface area contributed by atoms with Crippen LogP contribution in [0.1, 0.15) is 77.8 Å². The number of aryl methyl sites for hydroxylation is 2. The predicted molar refractivity (Wildman–Crippen MR) is 153 cm³/mol. The molecule has 0 aliphatic carbocycles. The summed E-state index contributed by atoms with van der Waals surface area (Å²) in [6, 6.07) is 18.7. The number of ether oxygens (including phenoxy) is 2. The zero-order valence-corrected chi connectivity index (χ0v) is 23.9. The second-order valence-electron chi connectivity index (χ2n) is 9.67. The van der Waals surface area contributed by atoms with E-state index in [0.29, 0.717) is 29.6 Å². The summed E-state index contributed by atoms with van der Waals surface area (Å²) in [6.45, 7) is 0.564. The minimum absolute atomic E-state index is 0.119. The summed E-state index contributed by atoms with van der Waals surface area (Å²) in [7, 11) is 1.68. The zero-order chi connectivity index (χ0) is 28.6. The largest absolute Gasteiger partial charge is 0.550 e. The minimum Gasteiger partial charge on any atom is -0.550 e. The Labute approximate surface area is 241 Å². The molecule has 214 valence electrons. The van der Waals surface area contributed by atoms with Gasteiger partial charge in [0.2, 0.25) is 0 Å². The van der Waals surface area contributed by atoms with Crippen molar-refractivity contribution in [2.75, 3.05) is 13.7 Å². The standard InChI is InChI=1S/C32H39NO6S/c1-38-28-15-12-24(13-16-28)9-6-4-2-3-5-7-20-39-30-18-14-27(33-29(30)17-19-31(34)35)23-40-22-25-10-8-11-26(21-25)32(36)37/h8,10-16,18,21H,2-7,9,17,19-20,22-23H2,1H3,(H,34,35)(H,36,37)/p-2. The van der Waals surface area contributed by atoms with Crippen LogP contribution < -0.4 is 19.7 Å². The molecule has 8 heteroatoms. The summed E-state index contributed by atoms with van der Waals surface area (Å²) in [5.41, 5.74) is 3.83. The first-order valence-corrected chi connectivity index (χ1v) is 14.9. The van der Waals surface area contributed by atoms with E-state index in [9.17, 15) is 19.8 Å². The van der Waals surface area contributed by atoms with Crippen molar-refractivity contribution in [2.24, 2.45) is 0 Å². The van der Waals surface area contributed by atoms with Crippen molar-refractivity contribution in [2.45, 2.75) is 69.3 Å². The van der Waals surface area contributed by atoms with Crippen molar-refractivity contribution in [1.29, 1.82) is 0 Å². The van der Waals surface area contributed by atoms with Crippen LogP contribution in [0.2, 0.25) is 0 Å². The van der Waals surface area contributed by atoms with Crippen LogP contribution in [-0.2, 0) is 29.1 Å². The molecule has 2 aromatic carbocycles. The molecule has 0 unspecified atom stereocenters. The Morgan fingerprint density at radius 3 is 2.30 bits per heavy atom. The van der Waals surface area contributed by atoms with Gasteiger partial charge in [-0.05, 0) is 79.1 Å². The van der Waals surface area contributed by atoms with Crippen molar-refractivity contribution < 1.29 is 29.3 Å².